The molecule has 3 rings (SSSR count). The van der Waals surface area contributed by atoms with Gasteiger partial charge >= 0.3 is 0 Å². The van der Waals surface area contributed by atoms with E-state index < -0.39 is 10.0 Å². The summed E-state index contributed by atoms with van der Waals surface area (Å²) in [7, 11) is -3.92. The maximum atomic E-state index is 12.7. The first-order valence-corrected chi connectivity index (χ1v) is 11.6. The van der Waals surface area contributed by atoms with Crippen LogP contribution in [0.5, 0.6) is 11.5 Å². The van der Waals surface area contributed by atoms with E-state index in [0.717, 1.165) is 11.8 Å². The fourth-order valence-electron chi connectivity index (χ4n) is 2.54. The number of ether oxygens (including phenoxy) is 2. The molecule has 0 bridgehead atoms. The van der Waals surface area contributed by atoms with E-state index in [9.17, 15) is 18.0 Å². The average Bonchev–Trinajstić information content (AvgIpc) is 2.84. The molecule has 8 nitrogen and oxygen atoms in total. The molecule has 0 unspecified atom stereocenters. The van der Waals surface area contributed by atoms with Gasteiger partial charge in [0.15, 0.2) is 22.4 Å². The van der Waals surface area contributed by atoms with Crippen LogP contribution in [0.15, 0.2) is 41.4 Å². The van der Waals surface area contributed by atoms with E-state index in [2.05, 4.69) is 9.71 Å². The average molecular weight is 451 g/mol. The maximum Gasteiger partial charge on any atom is 0.263 e. The van der Waals surface area contributed by atoms with Gasteiger partial charge in [0.1, 0.15) is 5.82 Å². The van der Waals surface area contributed by atoms with E-state index in [1.807, 2.05) is 13.8 Å². The smallest absolute Gasteiger partial charge is 0.263 e. The summed E-state index contributed by atoms with van der Waals surface area (Å²) in [6.07, 6.45) is 1.27. The normalized spacial score (nSPS) is 15.2. The topological polar surface area (TPSA) is 112 Å². The van der Waals surface area contributed by atoms with Gasteiger partial charge < -0.3 is 9.47 Å². The van der Waals surface area contributed by atoms with Crippen LogP contribution in [-0.4, -0.2) is 43.3 Å². The highest BCUT2D eigenvalue weighted by Gasteiger charge is 2.26. The summed E-state index contributed by atoms with van der Waals surface area (Å²) in [4.78, 5) is 27.0. The first-order chi connectivity index (χ1) is 14.1. The van der Waals surface area contributed by atoms with Crippen molar-refractivity contribution in [2.75, 3.05) is 23.7 Å². The molecular formula is C20H22N2O6S2. The quantitative estimate of drug-likeness (QED) is 0.668. The Morgan fingerprint density at radius 2 is 1.83 bits per heavy atom. The number of benzene rings is 1. The van der Waals surface area contributed by atoms with Gasteiger partial charge in [-0.05, 0) is 24.3 Å². The summed E-state index contributed by atoms with van der Waals surface area (Å²) >= 11 is 0.908. The monoisotopic (exact) mass is 450 g/mol. The summed E-state index contributed by atoms with van der Waals surface area (Å²) in [6, 6.07) is 7.27. The fraction of sp³-hybridized carbons (Fsp3) is 0.350. The molecule has 10 heteroatoms. The zero-order chi connectivity index (χ0) is 21.9. The second-order valence-electron chi connectivity index (χ2n) is 7.59. The van der Waals surface area contributed by atoms with Crippen LogP contribution in [0.25, 0.3) is 0 Å². The van der Waals surface area contributed by atoms with Crippen molar-refractivity contribution in [1.29, 1.82) is 0 Å². The van der Waals surface area contributed by atoms with Crippen LogP contribution in [0, 0.1) is 5.41 Å². The lowest BCUT2D eigenvalue weighted by Gasteiger charge is -2.19. The molecule has 0 saturated heterocycles. The standard InChI is InChI=1S/C20H22N2O6S2/c1-13(23)29-10-16(24)14-4-7-19(21-9-14)22-30(25,26)15-5-6-17-18(8-15)28-12-20(2,3)11-27-17/h4-9H,10-12H2,1-3H3,(H,21,22). The third-order valence-electron chi connectivity index (χ3n) is 4.19. The summed E-state index contributed by atoms with van der Waals surface area (Å²) in [5.41, 5.74) is 0.104. The molecule has 2 aromatic rings. The molecule has 1 aliphatic heterocycles. The number of ketones is 1. The number of carbonyl (C=O) groups excluding carboxylic acids is 2. The first kappa shape index (κ1) is 22.1. The van der Waals surface area contributed by atoms with Crippen LogP contribution in [0.2, 0.25) is 0 Å². The highest BCUT2D eigenvalue weighted by atomic mass is 32.2. The molecule has 0 aliphatic carbocycles. The van der Waals surface area contributed by atoms with Gasteiger partial charge in [0.2, 0.25) is 0 Å². The summed E-state index contributed by atoms with van der Waals surface area (Å²) in [6.45, 7) is 6.24. The zero-order valence-electron chi connectivity index (χ0n) is 16.8. The molecule has 0 radical (unpaired) electrons. The van der Waals surface area contributed by atoms with Crippen molar-refractivity contribution in [3.05, 3.63) is 42.1 Å². The number of sulfonamides is 1. The zero-order valence-corrected chi connectivity index (χ0v) is 18.4. The number of rotatable bonds is 6. The predicted molar refractivity (Wildman–Crippen MR) is 114 cm³/mol. The second-order valence-corrected chi connectivity index (χ2v) is 10.4. The molecule has 1 aromatic heterocycles. The third kappa shape index (κ3) is 5.51. The van der Waals surface area contributed by atoms with Crippen LogP contribution < -0.4 is 14.2 Å². The van der Waals surface area contributed by atoms with Gasteiger partial charge in [-0.25, -0.2) is 13.4 Å². The number of thioether (sulfide) groups is 1. The number of Topliss-reactive ketones (excluding diaryl/α,β-unsaturated/α-hetero) is 1. The molecule has 0 atom stereocenters. The summed E-state index contributed by atoms with van der Waals surface area (Å²) < 4.78 is 39.3. The minimum atomic E-state index is -3.92. The number of hydrogen-bond donors (Lipinski definition) is 1. The second kappa shape index (κ2) is 8.65. The maximum absolute atomic E-state index is 12.7. The molecule has 0 saturated carbocycles. The number of hydrogen-bond acceptors (Lipinski definition) is 8. The van der Waals surface area contributed by atoms with Gasteiger partial charge in [0.05, 0.1) is 23.9 Å². The Kier molecular flexibility index (Phi) is 6.37. The lowest BCUT2D eigenvalue weighted by atomic mass is 9.97. The SMILES string of the molecule is CC(=O)SCC(=O)c1ccc(NS(=O)(=O)c2ccc3c(c2)OCC(C)(C)CO3)nc1. The molecule has 1 aromatic carbocycles. The Balaban J connectivity index is 1.73. The number of pyridine rings is 1. The van der Waals surface area contributed by atoms with Crippen LogP contribution in [0.1, 0.15) is 31.1 Å². The molecule has 160 valence electrons. The van der Waals surface area contributed by atoms with Crippen molar-refractivity contribution in [3.63, 3.8) is 0 Å². The van der Waals surface area contributed by atoms with E-state index >= 15 is 0 Å². The van der Waals surface area contributed by atoms with Crippen molar-refractivity contribution in [3.8, 4) is 11.5 Å². The van der Waals surface area contributed by atoms with Crippen molar-refractivity contribution < 1.29 is 27.5 Å². The highest BCUT2D eigenvalue weighted by molar-refractivity contribution is 8.14. The minimum absolute atomic E-state index is 0.00404. The Labute approximate surface area is 179 Å². The number of carbonyl (C=O) groups is 2. The van der Waals surface area contributed by atoms with Gasteiger partial charge in [0.25, 0.3) is 10.0 Å². The van der Waals surface area contributed by atoms with Crippen molar-refractivity contribution >= 4 is 38.5 Å². The Bertz CT molecular complexity index is 1070. The molecule has 30 heavy (non-hydrogen) atoms. The highest BCUT2D eigenvalue weighted by Crippen LogP contribution is 2.35. The van der Waals surface area contributed by atoms with Gasteiger partial charge in [-0.15, -0.1) is 0 Å². The van der Waals surface area contributed by atoms with E-state index in [1.54, 1.807) is 6.07 Å². The molecule has 2 heterocycles. The van der Waals surface area contributed by atoms with Crippen LogP contribution in [0.4, 0.5) is 5.82 Å². The van der Waals surface area contributed by atoms with E-state index in [0.29, 0.717) is 30.3 Å². The summed E-state index contributed by atoms with van der Waals surface area (Å²) in [5.74, 6) is 0.669. The molecule has 1 N–H and O–H groups in total. The van der Waals surface area contributed by atoms with E-state index in [4.69, 9.17) is 9.47 Å². The molecule has 1 aliphatic rings. The number of nitrogens with one attached hydrogen (secondary N) is 1. The third-order valence-corrected chi connectivity index (χ3v) is 6.36. The van der Waals surface area contributed by atoms with Crippen LogP contribution in [-0.2, 0) is 14.8 Å². The first-order valence-electron chi connectivity index (χ1n) is 9.11. The number of nitrogens with zero attached hydrogens (tertiary/aromatic N) is 1. The van der Waals surface area contributed by atoms with E-state index in [-0.39, 0.29) is 32.8 Å². The number of anilines is 1. The molecular weight excluding hydrogens is 428 g/mol. The van der Waals surface area contributed by atoms with Gasteiger partial charge in [0, 0.05) is 30.2 Å². The van der Waals surface area contributed by atoms with Gasteiger partial charge in [-0.1, -0.05) is 25.6 Å². The van der Waals surface area contributed by atoms with E-state index in [1.165, 1.54) is 37.4 Å². The Morgan fingerprint density at radius 3 is 2.47 bits per heavy atom. The van der Waals surface area contributed by atoms with Crippen molar-refractivity contribution in [1.82, 2.24) is 4.98 Å². The minimum Gasteiger partial charge on any atom is -0.489 e. The molecule has 0 spiro atoms. The Hall–Kier alpha value is -2.59. The van der Waals surface area contributed by atoms with Gasteiger partial charge in [-0.2, -0.15) is 0 Å². The lowest BCUT2D eigenvalue weighted by Crippen LogP contribution is -2.26. The lowest BCUT2D eigenvalue weighted by molar-refractivity contribution is -0.109. The summed E-state index contributed by atoms with van der Waals surface area (Å²) in [5, 5.41) is -0.153. The van der Waals surface area contributed by atoms with Crippen LogP contribution >= 0.6 is 11.8 Å². The molecule has 0 amide bonds. The predicted octanol–water partition coefficient (Wildman–Crippen LogP) is 3.14. The largest absolute Gasteiger partial charge is 0.489 e. The Morgan fingerprint density at radius 1 is 1.13 bits per heavy atom. The van der Waals surface area contributed by atoms with Crippen molar-refractivity contribution in [2.24, 2.45) is 5.41 Å². The molecule has 0 fully saturated rings. The van der Waals surface area contributed by atoms with Gasteiger partial charge in [-0.3, -0.25) is 14.3 Å². The number of aromatic nitrogens is 1. The van der Waals surface area contributed by atoms with Crippen molar-refractivity contribution in [2.45, 2.75) is 25.7 Å². The number of fused-ring (bicyclic) bond motifs is 1. The fourth-order valence-corrected chi connectivity index (χ4v) is 4.07. The van der Waals surface area contributed by atoms with Crippen LogP contribution in [0.3, 0.4) is 0 Å².